The molecule has 0 aliphatic carbocycles. The van der Waals surface area contributed by atoms with Crippen LogP contribution in [0.5, 0.6) is 0 Å². The Labute approximate surface area is 68.0 Å². The van der Waals surface area contributed by atoms with E-state index in [9.17, 15) is 4.39 Å². The Balaban J connectivity index is 2.69. The summed E-state index contributed by atoms with van der Waals surface area (Å²) in [5.41, 5.74) is 0. The van der Waals surface area contributed by atoms with Crippen LogP contribution in [0.4, 0.5) is 4.39 Å². The molecule has 0 atom stereocenters. The molecule has 1 aromatic carbocycles. The first-order valence-corrected chi connectivity index (χ1v) is 7.15. The van der Waals surface area contributed by atoms with Gasteiger partial charge in [-0.25, -0.2) is 0 Å². The normalized spacial score (nSPS) is 9.00. The third kappa shape index (κ3) is 2.19. The SMILES string of the molecule is C[CH2][Zn][c]1ccc(F)cc1. The molecule has 0 heterocycles. The fourth-order valence-electron chi connectivity index (χ4n) is 0.940. The van der Waals surface area contributed by atoms with E-state index in [1.54, 1.807) is 12.1 Å². The summed E-state index contributed by atoms with van der Waals surface area (Å²) in [5.74, 6) is -0.123. The van der Waals surface area contributed by atoms with Gasteiger partial charge in [0.2, 0.25) is 0 Å². The summed E-state index contributed by atoms with van der Waals surface area (Å²) in [6.45, 7) is 2.20. The Bertz CT molecular complexity index is 193. The van der Waals surface area contributed by atoms with Crippen LogP contribution in [0.3, 0.4) is 0 Å². The van der Waals surface area contributed by atoms with Crippen LogP contribution in [0, 0.1) is 5.82 Å². The third-order valence-electron chi connectivity index (χ3n) is 1.45. The van der Waals surface area contributed by atoms with Crippen LogP contribution in [0.2, 0.25) is 5.02 Å². The summed E-state index contributed by atoms with van der Waals surface area (Å²) in [7, 11) is 0. The molecule has 0 aromatic heterocycles. The van der Waals surface area contributed by atoms with Crippen LogP contribution in [0.1, 0.15) is 6.92 Å². The summed E-state index contributed by atoms with van der Waals surface area (Å²) in [6.07, 6.45) is 0. The van der Waals surface area contributed by atoms with E-state index in [2.05, 4.69) is 6.92 Å². The number of rotatable bonds is 2. The Morgan fingerprint density at radius 1 is 1.30 bits per heavy atom. The molecule has 0 unspecified atom stereocenters. The molecule has 0 aliphatic heterocycles. The zero-order valence-corrected chi connectivity index (χ0v) is 9.07. The zero-order chi connectivity index (χ0) is 7.40. The quantitative estimate of drug-likeness (QED) is 0.624. The van der Waals surface area contributed by atoms with Gasteiger partial charge in [-0.1, -0.05) is 0 Å². The second kappa shape index (κ2) is 3.82. The minimum atomic E-state index is -0.478. The van der Waals surface area contributed by atoms with Crippen molar-refractivity contribution in [2.75, 3.05) is 0 Å². The van der Waals surface area contributed by atoms with Crippen molar-refractivity contribution in [3.05, 3.63) is 30.1 Å². The van der Waals surface area contributed by atoms with Gasteiger partial charge in [0.25, 0.3) is 0 Å². The third-order valence-corrected chi connectivity index (χ3v) is 4.70. The molecule has 1 aromatic rings. The molecule has 0 bridgehead atoms. The first kappa shape index (κ1) is 7.88. The van der Waals surface area contributed by atoms with Gasteiger partial charge in [-0.3, -0.25) is 0 Å². The second-order valence-electron chi connectivity index (χ2n) is 2.38. The van der Waals surface area contributed by atoms with E-state index in [0.717, 1.165) is 0 Å². The molecular weight excluding hydrogens is 180 g/mol. The van der Waals surface area contributed by atoms with Gasteiger partial charge in [-0.05, 0) is 0 Å². The van der Waals surface area contributed by atoms with Crippen molar-refractivity contribution in [2.24, 2.45) is 0 Å². The van der Waals surface area contributed by atoms with Gasteiger partial charge < -0.3 is 0 Å². The van der Waals surface area contributed by atoms with E-state index < -0.39 is 17.1 Å². The molecule has 2 heteroatoms. The van der Waals surface area contributed by atoms with Gasteiger partial charge in [-0.2, -0.15) is 0 Å². The molecule has 1 rings (SSSR count). The van der Waals surface area contributed by atoms with Gasteiger partial charge in [-0.15, -0.1) is 0 Å². The van der Waals surface area contributed by atoms with Gasteiger partial charge in [0.15, 0.2) is 0 Å². The summed E-state index contributed by atoms with van der Waals surface area (Å²) < 4.78 is 13.7. The van der Waals surface area contributed by atoms with Crippen molar-refractivity contribution in [1.29, 1.82) is 0 Å². The van der Waals surface area contributed by atoms with Gasteiger partial charge >= 0.3 is 67.7 Å². The van der Waals surface area contributed by atoms with Crippen LogP contribution < -0.4 is 4.16 Å². The Morgan fingerprint density at radius 3 is 2.40 bits per heavy atom. The Kier molecular flexibility index (Phi) is 3.01. The van der Waals surface area contributed by atoms with Gasteiger partial charge in [0.05, 0.1) is 0 Å². The predicted octanol–water partition coefficient (Wildman–Crippen LogP) is 1.97. The molecule has 0 fully saturated rings. The monoisotopic (exact) mass is 188 g/mol. The van der Waals surface area contributed by atoms with E-state index in [1.807, 2.05) is 12.1 Å². The van der Waals surface area contributed by atoms with Crippen LogP contribution in [-0.4, -0.2) is 0 Å². The maximum absolute atomic E-state index is 12.3. The first-order valence-electron chi connectivity index (χ1n) is 3.57. The first-order chi connectivity index (χ1) is 4.83. The van der Waals surface area contributed by atoms with E-state index in [1.165, 1.54) is 9.17 Å². The molecule has 10 heavy (non-hydrogen) atoms. The summed E-state index contributed by atoms with van der Waals surface area (Å²) in [6, 6.07) is 6.93. The minimum absolute atomic E-state index is 0.123. The molecule has 0 spiro atoms. The second-order valence-corrected chi connectivity index (χ2v) is 7.24. The summed E-state index contributed by atoms with van der Waals surface area (Å²) >= 11 is -0.478. The van der Waals surface area contributed by atoms with Crippen molar-refractivity contribution >= 4 is 4.16 Å². The van der Waals surface area contributed by atoms with Crippen molar-refractivity contribution < 1.29 is 21.5 Å². The van der Waals surface area contributed by atoms with Crippen molar-refractivity contribution in [1.82, 2.24) is 0 Å². The average Bonchev–Trinajstić information content (AvgIpc) is 1.95. The predicted molar refractivity (Wildman–Crippen MR) is 36.5 cm³/mol. The topological polar surface area (TPSA) is 0 Å². The molecule has 0 radical (unpaired) electrons. The molecule has 0 aliphatic rings. The fraction of sp³-hybridized carbons (Fsp3) is 0.250. The Hall–Kier alpha value is -0.227. The molecule has 0 saturated carbocycles. The molecule has 0 nitrogen and oxygen atoms in total. The number of hydrogen-bond acceptors (Lipinski definition) is 0. The standard InChI is InChI=1S/C6H4F.C2H5.Zn/c7-6-4-2-1-3-5-6;1-2;/h2-5H;1H2,2H3;. The molecule has 0 amide bonds. The Morgan fingerprint density at radius 2 is 1.90 bits per heavy atom. The maximum atomic E-state index is 12.3. The van der Waals surface area contributed by atoms with Gasteiger partial charge in [0.1, 0.15) is 0 Å². The number of hydrogen-bond donors (Lipinski definition) is 0. The fourth-order valence-corrected chi connectivity index (χ4v) is 3.34. The van der Waals surface area contributed by atoms with Crippen molar-refractivity contribution in [2.45, 2.75) is 11.9 Å². The molecule has 50 valence electrons. The molecule has 0 N–H and O–H groups in total. The van der Waals surface area contributed by atoms with E-state index in [-0.39, 0.29) is 5.82 Å². The number of halogens is 1. The molecular formula is C8H9FZn. The van der Waals surface area contributed by atoms with Crippen LogP contribution in [0.25, 0.3) is 0 Å². The van der Waals surface area contributed by atoms with Gasteiger partial charge in [0, 0.05) is 0 Å². The van der Waals surface area contributed by atoms with Crippen LogP contribution >= 0.6 is 0 Å². The van der Waals surface area contributed by atoms with E-state index in [0.29, 0.717) is 0 Å². The summed E-state index contributed by atoms with van der Waals surface area (Å²) in [4.78, 5) is 0. The van der Waals surface area contributed by atoms with Crippen LogP contribution in [0.15, 0.2) is 24.3 Å². The summed E-state index contributed by atoms with van der Waals surface area (Å²) in [5, 5.41) is 1.30. The van der Waals surface area contributed by atoms with E-state index >= 15 is 0 Å². The van der Waals surface area contributed by atoms with Crippen LogP contribution in [-0.2, 0) is 17.1 Å². The zero-order valence-electron chi connectivity index (χ0n) is 6.10. The molecule has 0 saturated heterocycles. The van der Waals surface area contributed by atoms with E-state index in [4.69, 9.17) is 0 Å². The van der Waals surface area contributed by atoms with Crippen molar-refractivity contribution in [3.63, 3.8) is 0 Å². The number of benzene rings is 1. The average molecular weight is 190 g/mol. The van der Waals surface area contributed by atoms with Crippen molar-refractivity contribution in [3.8, 4) is 0 Å².